The van der Waals surface area contributed by atoms with Gasteiger partial charge in [-0.1, -0.05) is 17.7 Å². The third kappa shape index (κ3) is 2.91. The van der Waals surface area contributed by atoms with Gasteiger partial charge >= 0.3 is 6.03 Å². The second-order valence-corrected chi connectivity index (χ2v) is 6.74. The van der Waals surface area contributed by atoms with E-state index < -0.39 is 17.5 Å². The van der Waals surface area contributed by atoms with E-state index in [0.717, 1.165) is 23.3 Å². The van der Waals surface area contributed by atoms with E-state index in [1.165, 1.54) is 0 Å². The van der Waals surface area contributed by atoms with Crippen molar-refractivity contribution in [2.75, 3.05) is 11.9 Å². The predicted molar refractivity (Wildman–Crippen MR) is 86.2 cm³/mol. The lowest BCUT2D eigenvalue weighted by molar-refractivity contribution is -0.134. The Kier molecular flexibility index (Phi) is 3.80. The molecule has 2 N–H and O–H groups in total. The molecule has 23 heavy (non-hydrogen) atoms. The van der Waals surface area contributed by atoms with Crippen LogP contribution in [0.15, 0.2) is 18.2 Å². The molecule has 1 aliphatic carbocycles. The summed E-state index contributed by atoms with van der Waals surface area (Å²) in [6.45, 7) is 3.29. The summed E-state index contributed by atoms with van der Waals surface area (Å²) < 4.78 is 0. The van der Waals surface area contributed by atoms with Crippen molar-refractivity contribution in [1.29, 1.82) is 0 Å². The summed E-state index contributed by atoms with van der Waals surface area (Å²) in [6, 6.07) is 4.72. The van der Waals surface area contributed by atoms with Crippen LogP contribution >= 0.6 is 11.6 Å². The molecular weight excluding hydrogens is 318 g/mol. The molecule has 0 unspecified atom stereocenters. The zero-order chi connectivity index (χ0) is 16.8. The maximum atomic E-state index is 12.5. The topological polar surface area (TPSA) is 78.5 Å². The first-order valence-electron chi connectivity index (χ1n) is 7.51. The highest BCUT2D eigenvalue weighted by Crippen LogP contribution is 2.42. The molecule has 0 aromatic heterocycles. The van der Waals surface area contributed by atoms with Crippen molar-refractivity contribution < 1.29 is 14.4 Å². The van der Waals surface area contributed by atoms with Gasteiger partial charge in [-0.25, -0.2) is 4.79 Å². The van der Waals surface area contributed by atoms with Crippen LogP contribution in [0.1, 0.15) is 25.3 Å². The highest BCUT2D eigenvalue weighted by Gasteiger charge is 2.56. The van der Waals surface area contributed by atoms with Crippen LogP contribution in [-0.4, -0.2) is 34.8 Å². The van der Waals surface area contributed by atoms with Crippen LogP contribution in [0.2, 0.25) is 5.02 Å². The maximum Gasteiger partial charge on any atom is 0.325 e. The lowest BCUT2D eigenvalue weighted by Gasteiger charge is -2.20. The molecule has 3 rings (SSSR count). The number of hydrogen-bond acceptors (Lipinski definition) is 3. The fraction of sp³-hybridized carbons (Fsp3) is 0.438. The van der Waals surface area contributed by atoms with Gasteiger partial charge in [0.05, 0.1) is 10.7 Å². The molecule has 122 valence electrons. The Morgan fingerprint density at radius 3 is 2.74 bits per heavy atom. The number of rotatable bonds is 4. The van der Waals surface area contributed by atoms with Crippen molar-refractivity contribution in [1.82, 2.24) is 10.2 Å². The first-order chi connectivity index (χ1) is 10.8. The molecule has 0 radical (unpaired) electrons. The third-order valence-electron chi connectivity index (χ3n) is 4.40. The van der Waals surface area contributed by atoms with E-state index in [1.54, 1.807) is 19.1 Å². The van der Waals surface area contributed by atoms with Crippen LogP contribution in [0.3, 0.4) is 0 Å². The van der Waals surface area contributed by atoms with Gasteiger partial charge in [0, 0.05) is 0 Å². The summed E-state index contributed by atoms with van der Waals surface area (Å²) in [7, 11) is 0. The van der Waals surface area contributed by atoms with Gasteiger partial charge in [0.15, 0.2) is 0 Å². The molecule has 0 spiro atoms. The minimum absolute atomic E-state index is 0.165. The summed E-state index contributed by atoms with van der Waals surface area (Å²) in [5.74, 6) is -0.631. The molecule has 6 nitrogen and oxygen atoms in total. The summed E-state index contributed by atoms with van der Waals surface area (Å²) in [4.78, 5) is 37.6. The zero-order valence-electron chi connectivity index (χ0n) is 13.0. The van der Waals surface area contributed by atoms with Crippen LogP contribution in [0.4, 0.5) is 10.5 Å². The van der Waals surface area contributed by atoms with Gasteiger partial charge in [-0.15, -0.1) is 0 Å². The fourth-order valence-corrected chi connectivity index (χ4v) is 3.13. The molecule has 2 aliphatic rings. The monoisotopic (exact) mass is 335 g/mol. The molecule has 1 saturated carbocycles. The third-order valence-corrected chi connectivity index (χ3v) is 4.71. The smallest absolute Gasteiger partial charge is 0.323 e. The number of imide groups is 1. The van der Waals surface area contributed by atoms with Gasteiger partial charge < -0.3 is 10.6 Å². The number of carbonyl (C=O) groups is 3. The van der Waals surface area contributed by atoms with Gasteiger partial charge in [-0.2, -0.15) is 0 Å². The van der Waals surface area contributed by atoms with E-state index in [4.69, 9.17) is 11.6 Å². The Balaban J connectivity index is 1.68. The van der Waals surface area contributed by atoms with Crippen LogP contribution in [0, 0.1) is 12.8 Å². The average Bonchev–Trinajstić information content (AvgIpc) is 3.28. The van der Waals surface area contributed by atoms with Crippen LogP contribution in [0.25, 0.3) is 0 Å². The average molecular weight is 336 g/mol. The van der Waals surface area contributed by atoms with Crippen molar-refractivity contribution in [3.63, 3.8) is 0 Å². The van der Waals surface area contributed by atoms with E-state index in [0.29, 0.717) is 10.7 Å². The molecule has 1 heterocycles. The quantitative estimate of drug-likeness (QED) is 0.829. The van der Waals surface area contributed by atoms with Gasteiger partial charge in [0.25, 0.3) is 5.91 Å². The Labute approximate surface area is 139 Å². The van der Waals surface area contributed by atoms with E-state index in [9.17, 15) is 14.4 Å². The lowest BCUT2D eigenvalue weighted by Crippen LogP contribution is -2.46. The Morgan fingerprint density at radius 2 is 2.13 bits per heavy atom. The van der Waals surface area contributed by atoms with Crippen molar-refractivity contribution in [3.8, 4) is 0 Å². The van der Waals surface area contributed by atoms with Crippen LogP contribution in [-0.2, 0) is 9.59 Å². The number of nitrogens with one attached hydrogen (secondary N) is 2. The van der Waals surface area contributed by atoms with Gasteiger partial charge in [-0.3, -0.25) is 14.5 Å². The Morgan fingerprint density at radius 1 is 1.43 bits per heavy atom. The van der Waals surface area contributed by atoms with Crippen molar-refractivity contribution in [2.24, 2.45) is 5.92 Å². The number of hydrogen-bond donors (Lipinski definition) is 2. The second kappa shape index (κ2) is 5.53. The number of urea groups is 1. The summed E-state index contributed by atoms with van der Waals surface area (Å²) in [5.41, 5.74) is 0.556. The van der Waals surface area contributed by atoms with Gasteiger partial charge in [-0.05, 0) is 50.3 Å². The molecule has 1 aromatic carbocycles. The van der Waals surface area contributed by atoms with Crippen LogP contribution < -0.4 is 10.6 Å². The fourth-order valence-electron chi connectivity index (χ4n) is 2.85. The molecule has 4 amide bonds. The standard InChI is InChI=1S/C16H18ClN3O3/c1-9-3-6-12(11(17)7-9)18-13(21)8-20-14(22)16(2,10-4-5-10)19-15(20)23/h3,6-7,10H,4-5,8H2,1-2H3,(H,18,21)(H,19,23)/t16-/m1/s1. The number of carbonyl (C=O) groups excluding carboxylic acids is 3. The number of halogens is 1. The van der Waals surface area contributed by atoms with Crippen molar-refractivity contribution >= 4 is 35.1 Å². The Hall–Kier alpha value is -2.08. The highest BCUT2D eigenvalue weighted by atomic mass is 35.5. The largest absolute Gasteiger partial charge is 0.325 e. The molecule has 7 heteroatoms. The number of anilines is 1. The van der Waals surface area contributed by atoms with Crippen molar-refractivity contribution in [2.45, 2.75) is 32.2 Å². The molecule has 1 atom stereocenters. The Bertz CT molecular complexity index is 702. The lowest BCUT2D eigenvalue weighted by atomic mass is 9.96. The SMILES string of the molecule is Cc1ccc(NC(=O)CN2C(=O)N[C@](C)(C3CC3)C2=O)c(Cl)c1. The zero-order valence-corrected chi connectivity index (χ0v) is 13.7. The summed E-state index contributed by atoms with van der Waals surface area (Å²) in [6.07, 6.45) is 1.84. The highest BCUT2D eigenvalue weighted by molar-refractivity contribution is 6.33. The minimum Gasteiger partial charge on any atom is -0.323 e. The van der Waals surface area contributed by atoms with Crippen molar-refractivity contribution in [3.05, 3.63) is 28.8 Å². The second-order valence-electron chi connectivity index (χ2n) is 6.33. The number of benzene rings is 1. The van der Waals surface area contributed by atoms with E-state index >= 15 is 0 Å². The molecule has 1 saturated heterocycles. The van der Waals surface area contributed by atoms with Gasteiger partial charge in [0.2, 0.25) is 5.91 Å². The van der Waals surface area contributed by atoms with E-state index in [1.807, 2.05) is 13.0 Å². The summed E-state index contributed by atoms with van der Waals surface area (Å²) in [5, 5.41) is 5.76. The predicted octanol–water partition coefficient (Wildman–Crippen LogP) is 2.31. The first-order valence-corrected chi connectivity index (χ1v) is 7.89. The van der Waals surface area contributed by atoms with E-state index in [2.05, 4.69) is 10.6 Å². The molecule has 0 bridgehead atoms. The molecule has 2 fully saturated rings. The van der Waals surface area contributed by atoms with Crippen LogP contribution in [0.5, 0.6) is 0 Å². The van der Waals surface area contributed by atoms with E-state index in [-0.39, 0.29) is 18.4 Å². The minimum atomic E-state index is -0.876. The normalized spacial score (nSPS) is 23.9. The number of aryl methyl sites for hydroxylation is 1. The number of nitrogens with zero attached hydrogens (tertiary/aromatic N) is 1. The first kappa shape index (κ1) is 15.8. The molecule has 1 aliphatic heterocycles. The maximum absolute atomic E-state index is 12.5. The summed E-state index contributed by atoms with van der Waals surface area (Å²) >= 11 is 6.07. The van der Waals surface area contributed by atoms with Gasteiger partial charge in [0.1, 0.15) is 12.1 Å². The number of amides is 4. The molecule has 1 aromatic rings. The molecular formula is C16H18ClN3O3.